The zero-order valence-electron chi connectivity index (χ0n) is 15.9. The van der Waals surface area contributed by atoms with Crippen molar-refractivity contribution < 1.29 is 14.5 Å². The monoisotopic (exact) mass is 394 g/mol. The van der Waals surface area contributed by atoms with Crippen molar-refractivity contribution in [3.8, 4) is 0 Å². The Balaban J connectivity index is 1.51. The van der Waals surface area contributed by atoms with Crippen LogP contribution in [0.2, 0.25) is 0 Å². The summed E-state index contributed by atoms with van der Waals surface area (Å²) < 4.78 is 0. The van der Waals surface area contributed by atoms with Gasteiger partial charge < -0.3 is 15.5 Å². The smallest absolute Gasteiger partial charge is 0.293 e. The first-order valence-corrected chi connectivity index (χ1v) is 9.77. The SMILES string of the molecule is O=C(Nc1cccc(C(=O)NC2CC2)c1)c1ccc(N2CCCC2)c([N+](=O)[O-])c1. The molecule has 8 nitrogen and oxygen atoms in total. The van der Waals surface area contributed by atoms with Crippen LogP contribution in [0, 0.1) is 10.1 Å². The van der Waals surface area contributed by atoms with Gasteiger partial charge in [-0.2, -0.15) is 0 Å². The normalized spacial score (nSPS) is 15.8. The zero-order chi connectivity index (χ0) is 20.4. The second-order valence-corrected chi connectivity index (χ2v) is 7.44. The molecule has 1 aliphatic heterocycles. The Labute approximate surface area is 168 Å². The minimum absolute atomic E-state index is 0.0721. The van der Waals surface area contributed by atoms with Gasteiger partial charge in [0.1, 0.15) is 5.69 Å². The van der Waals surface area contributed by atoms with Gasteiger partial charge in [-0.05, 0) is 56.0 Å². The summed E-state index contributed by atoms with van der Waals surface area (Å²) in [6.45, 7) is 1.56. The van der Waals surface area contributed by atoms with E-state index < -0.39 is 10.8 Å². The van der Waals surface area contributed by atoms with Crippen molar-refractivity contribution in [2.75, 3.05) is 23.3 Å². The molecule has 2 aromatic rings. The molecule has 4 rings (SSSR count). The third-order valence-corrected chi connectivity index (χ3v) is 5.18. The molecule has 0 aromatic heterocycles. The highest BCUT2D eigenvalue weighted by Gasteiger charge is 2.25. The van der Waals surface area contributed by atoms with Crippen molar-refractivity contribution in [3.05, 3.63) is 63.7 Å². The molecule has 1 aliphatic carbocycles. The highest BCUT2D eigenvalue weighted by molar-refractivity contribution is 6.06. The molecule has 2 fully saturated rings. The highest BCUT2D eigenvalue weighted by atomic mass is 16.6. The van der Waals surface area contributed by atoms with Crippen LogP contribution in [-0.4, -0.2) is 35.9 Å². The van der Waals surface area contributed by atoms with E-state index in [1.165, 1.54) is 6.07 Å². The average molecular weight is 394 g/mol. The van der Waals surface area contributed by atoms with Gasteiger partial charge in [0.2, 0.25) is 0 Å². The molecule has 1 saturated carbocycles. The highest BCUT2D eigenvalue weighted by Crippen LogP contribution is 2.32. The maximum Gasteiger partial charge on any atom is 0.293 e. The Hall–Kier alpha value is -3.42. The Morgan fingerprint density at radius 3 is 2.41 bits per heavy atom. The van der Waals surface area contributed by atoms with Crippen LogP contribution in [0.15, 0.2) is 42.5 Å². The lowest BCUT2D eigenvalue weighted by molar-refractivity contribution is -0.384. The number of hydrogen-bond donors (Lipinski definition) is 2. The van der Waals surface area contributed by atoms with Crippen LogP contribution in [0.25, 0.3) is 0 Å². The van der Waals surface area contributed by atoms with Crippen LogP contribution in [-0.2, 0) is 0 Å². The first kappa shape index (κ1) is 18.9. The van der Waals surface area contributed by atoms with Gasteiger partial charge in [0.25, 0.3) is 17.5 Å². The van der Waals surface area contributed by atoms with Gasteiger partial charge in [-0.25, -0.2) is 0 Å². The van der Waals surface area contributed by atoms with Crippen molar-refractivity contribution >= 4 is 28.9 Å². The van der Waals surface area contributed by atoms with E-state index in [0.29, 0.717) is 16.9 Å². The lowest BCUT2D eigenvalue weighted by atomic mass is 10.1. The molecule has 150 valence electrons. The van der Waals surface area contributed by atoms with Gasteiger partial charge in [-0.15, -0.1) is 0 Å². The van der Waals surface area contributed by atoms with Gasteiger partial charge in [0, 0.05) is 42.0 Å². The van der Waals surface area contributed by atoms with Gasteiger partial charge in [-0.3, -0.25) is 19.7 Å². The molecule has 2 aromatic carbocycles. The summed E-state index contributed by atoms with van der Waals surface area (Å²) in [7, 11) is 0. The van der Waals surface area contributed by atoms with Crippen molar-refractivity contribution in [1.82, 2.24) is 5.32 Å². The van der Waals surface area contributed by atoms with Crippen LogP contribution in [0.5, 0.6) is 0 Å². The number of hydrogen-bond acceptors (Lipinski definition) is 5. The fraction of sp³-hybridized carbons (Fsp3) is 0.333. The molecule has 2 amide bonds. The number of benzene rings is 2. The third kappa shape index (κ3) is 4.37. The molecule has 0 atom stereocenters. The van der Waals surface area contributed by atoms with E-state index in [0.717, 1.165) is 38.8 Å². The van der Waals surface area contributed by atoms with Crippen molar-refractivity contribution in [3.63, 3.8) is 0 Å². The number of amides is 2. The zero-order valence-corrected chi connectivity index (χ0v) is 15.9. The maximum atomic E-state index is 12.6. The van der Waals surface area contributed by atoms with Gasteiger partial charge >= 0.3 is 0 Å². The van der Waals surface area contributed by atoms with Crippen LogP contribution >= 0.6 is 0 Å². The van der Waals surface area contributed by atoms with Crippen molar-refractivity contribution in [1.29, 1.82) is 0 Å². The molecular weight excluding hydrogens is 372 g/mol. The van der Waals surface area contributed by atoms with Gasteiger partial charge in [0.05, 0.1) is 4.92 Å². The van der Waals surface area contributed by atoms with Crippen LogP contribution < -0.4 is 15.5 Å². The maximum absolute atomic E-state index is 12.6. The number of carbonyl (C=O) groups excluding carboxylic acids is 2. The topological polar surface area (TPSA) is 105 Å². The van der Waals surface area contributed by atoms with Crippen molar-refractivity contribution in [2.24, 2.45) is 0 Å². The molecule has 0 spiro atoms. The summed E-state index contributed by atoms with van der Waals surface area (Å²) in [6.07, 6.45) is 4.00. The molecule has 1 saturated heterocycles. The van der Waals surface area contributed by atoms with Gasteiger partial charge in [-0.1, -0.05) is 6.07 Å². The minimum atomic E-state index is -0.458. The molecule has 2 aliphatic rings. The lowest BCUT2D eigenvalue weighted by Crippen LogP contribution is -2.25. The van der Waals surface area contributed by atoms with E-state index in [4.69, 9.17) is 0 Å². The largest absolute Gasteiger partial charge is 0.366 e. The summed E-state index contributed by atoms with van der Waals surface area (Å²) in [5, 5.41) is 17.2. The number of nitrogens with zero attached hydrogens (tertiary/aromatic N) is 2. The van der Waals surface area contributed by atoms with Crippen LogP contribution in [0.1, 0.15) is 46.4 Å². The molecule has 0 radical (unpaired) electrons. The summed E-state index contributed by atoms with van der Waals surface area (Å²) in [5.41, 5.74) is 1.60. The van der Waals surface area contributed by atoms with Crippen molar-refractivity contribution in [2.45, 2.75) is 31.7 Å². The predicted octanol–water partition coefficient (Wildman–Crippen LogP) is 3.34. The number of anilines is 2. The summed E-state index contributed by atoms with van der Waals surface area (Å²) in [4.78, 5) is 37.9. The number of nitrogens with one attached hydrogen (secondary N) is 2. The molecule has 8 heteroatoms. The second kappa shape index (κ2) is 7.90. The van der Waals surface area contributed by atoms with Crippen LogP contribution in [0.3, 0.4) is 0 Å². The Morgan fingerprint density at radius 1 is 1.00 bits per heavy atom. The molecule has 0 unspecified atom stereocenters. The molecular formula is C21H22N4O4. The number of rotatable bonds is 6. The molecule has 2 N–H and O–H groups in total. The lowest BCUT2D eigenvalue weighted by Gasteiger charge is -2.17. The quantitative estimate of drug-likeness (QED) is 0.578. The first-order chi connectivity index (χ1) is 14.0. The fourth-order valence-corrected chi connectivity index (χ4v) is 3.47. The number of nitro benzene ring substituents is 1. The third-order valence-electron chi connectivity index (χ3n) is 5.18. The predicted molar refractivity (Wildman–Crippen MR) is 109 cm³/mol. The van der Waals surface area contributed by atoms with E-state index in [1.54, 1.807) is 36.4 Å². The Morgan fingerprint density at radius 2 is 1.72 bits per heavy atom. The van der Waals surface area contributed by atoms with E-state index in [9.17, 15) is 19.7 Å². The first-order valence-electron chi connectivity index (χ1n) is 9.77. The van der Waals surface area contributed by atoms with E-state index in [2.05, 4.69) is 10.6 Å². The number of carbonyl (C=O) groups is 2. The minimum Gasteiger partial charge on any atom is -0.366 e. The average Bonchev–Trinajstić information content (AvgIpc) is 3.36. The number of nitro groups is 1. The standard InChI is InChI=1S/C21H22N4O4/c26-20(22-16-7-8-16)14-4-3-5-17(12-14)23-21(27)15-6-9-18(19(13-15)25(28)29)24-10-1-2-11-24/h3-6,9,12-13,16H,1-2,7-8,10-11H2,(H,22,26)(H,23,27). The second-order valence-electron chi connectivity index (χ2n) is 7.44. The summed E-state index contributed by atoms with van der Waals surface area (Å²) >= 11 is 0. The van der Waals surface area contributed by atoms with Gasteiger partial charge in [0.15, 0.2) is 0 Å². The molecule has 1 heterocycles. The van der Waals surface area contributed by atoms with E-state index in [1.807, 2.05) is 4.90 Å². The fourth-order valence-electron chi connectivity index (χ4n) is 3.47. The van der Waals surface area contributed by atoms with Crippen LogP contribution in [0.4, 0.5) is 17.1 Å². The Bertz CT molecular complexity index is 965. The summed E-state index contributed by atoms with van der Waals surface area (Å²) in [5.74, 6) is -0.630. The van der Waals surface area contributed by atoms with E-state index in [-0.39, 0.29) is 23.2 Å². The molecule has 0 bridgehead atoms. The van der Waals surface area contributed by atoms with E-state index >= 15 is 0 Å². The Kier molecular flexibility index (Phi) is 5.16. The summed E-state index contributed by atoms with van der Waals surface area (Å²) in [6, 6.07) is 11.4. The molecule has 29 heavy (non-hydrogen) atoms.